The second-order valence-corrected chi connectivity index (χ2v) is 7.57. The Labute approximate surface area is 171 Å². The highest BCUT2D eigenvalue weighted by Gasteiger charge is 2.47. The predicted molar refractivity (Wildman–Crippen MR) is 111 cm³/mol. The van der Waals surface area contributed by atoms with E-state index in [2.05, 4.69) is 5.32 Å². The summed E-state index contributed by atoms with van der Waals surface area (Å²) in [6.07, 6.45) is 0.832. The van der Waals surface area contributed by atoms with Gasteiger partial charge in [0.1, 0.15) is 5.54 Å². The minimum absolute atomic E-state index is 0.0390. The van der Waals surface area contributed by atoms with Crippen molar-refractivity contribution in [1.29, 1.82) is 0 Å². The first-order chi connectivity index (χ1) is 13.9. The molecule has 0 unspecified atom stereocenters. The van der Waals surface area contributed by atoms with E-state index in [1.165, 1.54) is 5.56 Å². The van der Waals surface area contributed by atoms with Gasteiger partial charge >= 0.3 is 0 Å². The molecule has 1 N–H and O–H groups in total. The summed E-state index contributed by atoms with van der Waals surface area (Å²) < 4.78 is 10.8. The Morgan fingerprint density at radius 1 is 1.14 bits per heavy atom. The Morgan fingerprint density at radius 2 is 1.86 bits per heavy atom. The van der Waals surface area contributed by atoms with Crippen LogP contribution in [0.15, 0.2) is 42.5 Å². The van der Waals surface area contributed by atoms with Crippen LogP contribution >= 0.6 is 0 Å². The Hall–Kier alpha value is -3.02. The molecule has 0 spiro atoms. The van der Waals surface area contributed by atoms with Gasteiger partial charge in [-0.3, -0.25) is 9.59 Å². The number of ether oxygens (including phenoxy) is 2. The molecule has 1 atom stereocenters. The van der Waals surface area contributed by atoms with Crippen molar-refractivity contribution in [2.75, 3.05) is 14.2 Å². The van der Waals surface area contributed by atoms with Gasteiger partial charge in [-0.05, 0) is 31.9 Å². The van der Waals surface area contributed by atoms with Crippen molar-refractivity contribution in [2.24, 2.45) is 0 Å². The number of amides is 2. The molecule has 2 aromatic carbocycles. The van der Waals surface area contributed by atoms with Gasteiger partial charge < -0.3 is 19.7 Å². The van der Waals surface area contributed by atoms with Crippen LogP contribution < -0.4 is 14.8 Å². The number of hydrogen-bond acceptors (Lipinski definition) is 4. The summed E-state index contributed by atoms with van der Waals surface area (Å²) in [5.41, 5.74) is 2.10. The highest BCUT2D eigenvalue weighted by atomic mass is 16.5. The van der Waals surface area contributed by atoms with E-state index in [9.17, 15) is 9.59 Å². The molecule has 1 aliphatic rings. The predicted octanol–water partition coefficient (Wildman–Crippen LogP) is 3.21. The maximum absolute atomic E-state index is 13.1. The lowest BCUT2D eigenvalue weighted by molar-refractivity contribution is -0.141. The van der Waals surface area contributed by atoms with Crippen LogP contribution in [-0.2, 0) is 22.7 Å². The van der Waals surface area contributed by atoms with Crippen LogP contribution in [-0.4, -0.2) is 36.5 Å². The minimum atomic E-state index is -0.907. The standard InChI is InChI=1S/C23H28N2O4/c1-16-8-10-17(11-9-16)14-24-22(27)23(2)13-12-20(26)25(23)15-18-6-5-7-19(28-3)21(18)29-4/h5-11H,12-15H2,1-4H3,(H,24,27)/t23-/m1/s1. The first-order valence-electron chi connectivity index (χ1n) is 9.73. The third-order valence-corrected chi connectivity index (χ3v) is 5.60. The largest absolute Gasteiger partial charge is 0.493 e. The van der Waals surface area contributed by atoms with Crippen LogP contribution in [0.4, 0.5) is 0 Å². The van der Waals surface area contributed by atoms with Crippen LogP contribution in [0.3, 0.4) is 0 Å². The molecule has 0 bridgehead atoms. The quantitative estimate of drug-likeness (QED) is 0.780. The van der Waals surface area contributed by atoms with Gasteiger partial charge in [0.05, 0.1) is 20.8 Å². The van der Waals surface area contributed by atoms with E-state index in [0.717, 1.165) is 11.1 Å². The lowest BCUT2D eigenvalue weighted by Gasteiger charge is -2.34. The molecule has 2 aromatic rings. The van der Waals surface area contributed by atoms with Crippen LogP contribution in [0.25, 0.3) is 0 Å². The van der Waals surface area contributed by atoms with Gasteiger partial charge in [-0.15, -0.1) is 0 Å². The summed E-state index contributed by atoms with van der Waals surface area (Å²) >= 11 is 0. The molecule has 0 aliphatic carbocycles. The van der Waals surface area contributed by atoms with Gasteiger partial charge in [-0.25, -0.2) is 0 Å². The molecule has 3 rings (SSSR count). The lowest BCUT2D eigenvalue weighted by Crippen LogP contribution is -2.53. The van der Waals surface area contributed by atoms with Gasteiger partial charge in [0, 0.05) is 18.5 Å². The second kappa shape index (κ2) is 8.55. The van der Waals surface area contributed by atoms with E-state index < -0.39 is 5.54 Å². The average Bonchev–Trinajstić information content (AvgIpc) is 3.02. The Morgan fingerprint density at radius 3 is 2.52 bits per heavy atom. The van der Waals surface area contributed by atoms with Crippen molar-refractivity contribution < 1.29 is 19.1 Å². The topological polar surface area (TPSA) is 67.9 Å². The van der Waals surface area contributed by atoms with E-state index in [1.54, 1.807) is 19.1 Å². The van der Waals surface area contributed by atoms with Crippen LogP contribution in [0, 0.1) is 6.92 Å². The Kier molecular flexibility index (Phi) is 6.11. The minimum Gasteiger partial charge on any atom is -0.493 e. The first-order valence-corrected chi connectivity index (χ1v) is 9.73. The van der Waals surface area contributed by atoms with Crippen molar-refractivity contribution in [2.45, 2.75) is 45.3 Å². The fraction of sp³-hybridized carbons (Fsp3) is 0.391. The van der Waals surface area contributed by atoms with E-state index in [-0.39, 0.29) is 18.4 Å². The van der Waals surface area contributed by atoms with Crippen molar-refractivity contribution in [3.8, 4) is 11.5 Å². The van der Waals surface area contributed by atoms with E-state index in [1.807, 2.05) is 56.3 Å². The van der Waals surface area contributed by atoms with Crippen LogP contribution in [0.2, 0.25) is 0 Å². The van der Waals surface area contributed by atoms with Crippen LogP contribution in [0.5, 0.6) is 11.5 Å². The van der Waals surface area contributed by atoms with Crippen LogP contribution in [0.1, 0.15) is 36.5 Å². The summed E-state index contributed by atoms with van der Waals surface area (Å²) in [6, 6.07) is 13.6. The summed E-state index contributed by atoms with van der Waals surface area (Å²) in [5.74, 6) is 0.993. The van der Waals surface area contributed by atoms with Crippen molar-refractivity contribution in [3.63, 3.8) is 0 Å². The normalized spacial score (nSPS) is 18.6. The third-order valence-electron chi connectivity index (χ3n) is 5.60. The molecule has 0 aromatic heterocycles. The number of carbonyl (C=O) groups excluding carboxylic acids is 2. The Balaban J connectivity index is 1.78. The molecule has 29 heavy (non-hydrogen) atoms. The van der Waals surface area contributed by atoms with E-state index in [0.29, 0.717) is 30.9 Å². The molecule has 6 nitrogen and oxygen atoms in total. The van der Waals surface area contributed by atoms with Gasteiger partial charge in [0.15, 0.2) is 11.5 Å². The zero-order chi connectivity index (χ0) is 21.0. The maximum atomic E-state index is 13.1. The number of rotatable bonds is 7. The number of hydrogen-bond donors (Lipinski definition) is 1. The molecular weight excluding hydrogens is 368 g/mol. The zero-order valence-electron chi connectivity index (χ0n) is 17.5. The maximum Gasteiger partial charge on any atom is 0.245 e. The van der Waals surface area contributed by atoms with Crippen molar-refractivity contribution in [1.82, 2.24) is 10.2 Å². The molecule has 154 valence electrons. The molecule has 0 saturated carbocycles. The average molecular weight is 396 g/mol. The summed E-state index contributed by atoms with van der Waals surface area (Å²) in [4.78, 5) is 27.4. The number of nitrogens with one attached hydrogen (secondary N) is 1. The molecule has 1 fully saturated rings. The number of benzene rings is 2. The molecule has 6 heteroatoms. The molecular formula is C23H28N2O4. The molecule has 2 amide bonds. The third kappa shape index (κ3) is 4.21. The summed E-state index contributed by atoms with van der Waals surface area (Å²) in [5, 5.41) is 3.00. The first kappa shape index (κ1) is 20.7. The van der Waals surface area contributed by atoms with Gasteiger partial charge in [0.25, 0.3) is 0 Å². The second-order valence-electron chi connectivity index (χ2n) is 7.57. The molecule has 1 aliphatic heterocycles. The number of methoxy groups -OCH3 is 2. The number of aryl methyl sites for hydroxylation is 1. The molecule has 1 saturated heterocycles. The number of para-hydroxylation sites is 1. The SMILES string of the molecule is COc1cccc(CN2C(=O)CC[C@]2(C)C(=O)NCc2ccc(C)cc2)c1OC. The highest BCUT2D eigenvalue weighted by molar-refractivity contribution is 5.94. The summed E-state index contributed by atoms with van der Waals surface area (Å²) in [6.45, 7) is 4.57. The van der Waals surface area contributed by atoms with Crippen molar-refractivity contribution >= 4 is 11.8 Å². The Bertz CT molecular complexity index is 894. The number of carbonyl (C=O) groups is 2. The molecule has 1 heterocycles. The highest BCUT2D eigenvalue weighted by Crippen LogP contribution is 2.36. The van der Waals surface area contributed by atoms with E-state index >= 15 is 0 Å². The monoisotopic (exact) mass is 396 g/mol. The smallest absolute Gasteiger partial charge is 0.245 e. The van der Waals surface area contributed by atoms with Gasteiger partial charge in [-0.1, -0.05) is 42.0 Å². The van der Waals surface area contributed by atoms with Gasteiger partial charge in [0.2, 0.25) is 11.8 Å². The van der Waals surface area contributed by atoms with Crippen molar-refractivity contribution in [3.05, 3.63) is 59.2 Å². The summed E-state index contributed by atoms with van der Waals surface area (Å²) in [7, 11) is 3.14. The fourth-order valence-electron chi connectivity index (χ4n) is 3.72. The number of nitrogens with zero attached hydrogens (tertiary/aromatic N) is 1. The van der Waals surface area contributed by atoms with Gasteiger partial charge in [-0.2, -0.15) is 0 Å². The van der Waals surface area contributed by atoms with E-state index in [4.69, 9.17) is 9.47 Å². The fourth-order valence-corrected chi connectivity index (χ4v) is 3.72. The molecule has 0 radical (unpaired) electrons. The lowest BCUT2D eigenvalue weighted by atomic mass is 9.96. The zero-order valence-corrected chi connectivity index (χ0v) is 17.5. The number of likely N-dealkylation sites (tertiary alicyclic amines) is 1.